The second kappa shape index (κ2) is 8.12. The van der Waals surface area contributed by atoms with E-state index >= 15 is 0 Å². The lowest BCUT2D eigenvalue weighted by Gasteiger charge is -2.34. The number of benzene rings is 1. The third-order valence-electron chi connectivity index (χ3n) is 4.47. The smallest absolute Gasteiger partial charge is 0.407 e. The van der Waals surface area contributed by atoms with Crippen LogP contribution in [0.2, 0.25) is 10.0 Å². The third-order valence-corrected chi connectivity index (χ3v) is 5.21. The fraction of sp³-hybridized carbons (Fsp3) is 0.611. The molecule has 0 spiro atoms. The number of carboxylic acid groups (broad SMARTS) is 1. The van der Waals surface area contributed by atoms with Gasteiger partial charge in [-0.25, -0.2) is 4.79 Å². The van der Waals surface area contributed by atoms with Crippen molar-refractivity contribution in [2.24, 2.45) is 11.3 Å². The number of ether oxygens (including phenoxy) is 2. The van der Waals surface area contributed by atoms with Crippen LogP contribution in [0.3, 0.4) is 0 Å². The quantitative estimate of drug-likeness (QED) is 0.811. The van der Waals surface area contributed by atoms with E-state index in [4.69, 9.17) is 32.7 Å². The Morgan fingerprint density at radius 1 is 1.32 bits per heavy atom. The van der Waals surface area contributed by atoms with Crippen molar-refractivity contribution in [3.05, 3.63) is 33.8 Å². The molecule has 1 N–H and O–H groups in total. The molecule has 1 aromatic rings. The summed E-state index contributed by atoms with van der Waals surface area (Å²) in [4.78, 5) is 13.1. The summed E-state index contributed by atoms with van der Waals surface area (Å²) in [5.41, 5.74) is 0.655. The van der Waals surface area contributed by atoms with E-state index in [1.54, 1.807) is 19.2 Å². The SMILES string of the molecule is COCC1CN(C(=O)O)CC(C(C)(C)C)OC1c1ccc(Cl)c(Cl)c1. The molecule has 3 atom stereocenters. The second-order valence-corrected chi connectivity index (χ2v) is 8.30. The van der Waals surface area contributed by atoms with Gasteiger partial charge in [0, 0.05) is 19.6 Å². The highest BCUT2D eigenvalue weighted by Gasteiger charge is 2.39. The fourth-order valence-electron chi connectivity index (χ4n) is 3.01. The summed E-state index contributed by atoms with van der Waals surface area (Å²) in [6.07, 6.45) is -1.54. The first kappa shape index (κ1) is 20.3. The first-order valence-electron chi connectivity index (χ1n) is 8.20. The molecule has 1 aliphatic rings. The minimum atomic E-state index is -0.950. The van der Waals surface area contributed by atoms with Gasteiger partial charge >= 0.3 is 6.09 Å². The van der Waals surface area contributed by atoms with Gasteiger partial charge in [-0.05, 0) is 23.1 Å². The maximum Gasteiger partial charge on any atom is 0.407 e. The summed E-state index contributed by atoms with van der Waals surface area (Å²) in [6, 6.07) is 5.39. The van der Waals surface area contributed by atoms with Crippen molar-refractivity contribution in [1.29, 1.82) is 0 Å². The number of carbonyl (C=O) groups is 1. The van der Waals surface area contributed by atoms with Gasteiger partial charge in [0.25, 0.3) is 0 Å². The van der Waals surface area contributed by atoms with E-state index in [9.17, 15) is 9.90 Å². The molecule has 25 heavy (non-hydrogen) atoms. The number of hydrogen-bond donors (Lipinski definition) is 1. The third kappa shape index (κ3) is 5.00. The van der Waals surface area contributed by atoms with Gasteiger partial charge in [-0.2, -0.15) is 0 Å². The molecule has 3 unspecified atom stereocenters. The van der Waals surface area contributed by atoms with E-state index in [1.807, 2.05) is 26.8 Å². The largest absolute Gasteiger partial charge is 0.465 e. The summed E-state index contributed by atoms with van der Waals surface area (Å²) in [5, 5.41) is 10.5. The van der Waals surface area contributed by atoms with Crippen LogP contribution in [-0.4, -0.2) is 49.0 Å². The second-order valence-electron chi connectivity index (χ2n) is 7.49. The molecular weight excluding hydrogens is 365 g/mol. The molecule has 1 aliphatic heterocycles. The van der Waals surface area contributed by atoms with E-state index in [0.29, 0.717) is 29.7 Å². The number of hydrogen-bond acceptors (Lipinski definition) is 3. The Kier molecular flexibility index (Phi) is 6.60. The van der Waals surface area contributed by atoms with Crippen molar-refractivity contribution in [2.75, 3.05) is 26.8 Å². The van der Waals surface area contributed by atoms with Crippen LogP contribution in [0.1, 0.15) is 32.4 Å². The number of nitrogens with zero attached hydrogens (tertiary/aromatic N) is 1. The topological polar surface area (TPSA) is 59.0 Å². The van der Waals surface area contributed by atoms with Crippen LogP contribution in [0.4, 0.5) is 4.79 Å². The zero-order valence-corrected chi connectivity index (χ0v) is 16.5. The summed E-state index contributed by atoms with van der Waals surface area (Å²) in [7, 11) is 1.60. The van der Waals surface area contributed by atoms with Gasteiger partial charge in [0.05, 0.1) is 35.4 Å². The van der Waals surface area contributed by atoms with Crippen molar-refractivity contribution in [1.82, 2.24) is 4.90 Å². The molecule has 0 bridgehead atoms. The number of methoxy groups -OCH3 is 1. The molecule has 140 valence electrons. The molecule has 2 rings (SSSR count). The molecule has 7 heteroatoms. The van der Waals surface area contributed by atoms with Crippen LogP contribution in [0.25, 0.3) is 0 Å². The number of halogens is 2. The average Bonchev–Trinajstić information content (AvgIpc) is 2.70. The summed E-state index contributed by atoms with van der Waals surface area (Å²) >= 11 is 12.2. The maximum absolute atomic E-state index is 11.7. The Bertz CT molecular complexity index is 618. The molecule has 1 aromatic carbocycles. The predicted molar refractivity (Wildman–Crippen MR) is 98.5 cm³/mol. The predicted octanol–water partition coefficient (Wildman–Crippen LogP) is 4.72. The van der Waals surface area contributed by atoms with Crippen molar-refractivity contribution in [3.8, 4) is 0 Å². The molecule has 0 saturated carbocycles. The molecule has 1 amide bonds. The summed E-state index contributed by atoms with van der Waals surface area (Å²) in [6.45, 7) is 7.16. The van der Waals surface area contributed by atoms with E-state index < -0.39 is 6.09 Å². The Hall–Kier alpha value is -1.01. The Morgan fingerprint density at radius 2 is 2.00 bits per heavy atom. The van der Waals surface area contributed by atoms with Crippen LogP contribution in [0.5, 0.6) is 0 Å². The Morgan fingerprint density at radius 3 is 2.52 bits per heavy atom. The van der Waals surface area contributed by atoms with E-state index in [2.05, 4.69) is 0 Å². The van der Waals surface area contributed by atoms with Gasteiger partial charge in [0.2, 0.25) is 0 Å². The highest BCUT2D eigenvalue weighted by atomic mass is 35.5. The number of amides is 1. The van der Waals surface area contributed by atoms with E-state index in [-0.39, 0.29) is 23.5 Å². The molecule has 0 radical (unpaired) electrons. The zero-order chi connectivity index (χ0) is 18.8. The molecule has 0 aliphatic carbocycles. The molecule has 5 nitrogen and oxygen atoms in total. The highest BCUT2D eigenvalue weighted by Crippen LogP contribution is 2.38. The van der Waals surface area contributed by atoms with Crippen molar-refractivity contribution in [2.45, 2.75) is 33.0 Å². The first-order chi connectivity index (χ1) is 11.6. The van der Waals surface area contributed by atoms with Gasteiger partial charge in [-0.15, -0.1) is 0 Å². The van der Waals surface area contributed by atoms with Gasteiger partial charge in [-0.3, -0.25) is 0 Å². The van der Waals surface area contributed by atoms with Crippen molar-refractivity contribution >= 4 is 29.3 Å². The summed E-state index contributed by atoms with van der Waals surface area (Å²) < 4.78 is 11.7. The Labute approximate surface area is 158 Å². The lowest BCUT2D eigenvalue weighted by atomic mass is 9.88. The average molecular weight is 390 g/mol. The molecule has 0 aromatic heterocycles. The monoisotopic (exact) mass is 389 g/mol. The van der Waals surface area contributed by atoms with Crippen LogP contribution < -0.4 is 0 Å². The van der Waals surface area contributed by atoms with Crippen LogP contribution in [-0.2, 0) is 9.47 Å². The van der Waals surface area contributed by atoms with Gasteiger partial charge in [0.1, 0.15) is 0 Å². The lowest BCUT2D eigenvalue weighted by Crippen LogP contribution is -2.42. The normalized spacial score (nSPS) is 24.9. The minimum absolute atomic E-state index is 0.148. The minimum Gasteiger partial charge on any atom is -0.465 e. The van der Waals surface area contributed by atoms with Gasteiger partial charge < -0.3 is 19.5 Å². The van der Waals surface area contributed by atoms with Crippen LogP contribution >= 0.6 is 23.2 Å². The summed E-state index contributed by atoms with van der Waals surface area (Å²) in [5.74, 6) is -0.148. The van der Waals surface area contributed by atoms with Crippen molar-refractivity contribution < 1.29 is 19.4 Å². The van der Waals surface area contributed by atoms with Gasteiger partial charge in [0.15, 0.2) is 0 Å². The Balaban J connectivity index is 2.44. The standard InChI is InChI=1S/C18H25Cl2NO4/c1-18(2,3)15-9-21(17(22)23)8-12(10-24-4)16(25-15)11-5-6-13(19)14(20)7-11/h5-7,12,15-16H,8-10H2,1-4H3,(H,22,23). The highest BCUT2D eigenvalue weighted by molar-refractivity contribution is 6.42. The first-order valence-corrected chi connectivity index (χ1v) is 8.96. The molecule has 1 saturated heterocycles. The number of rotatable bonds is 3. The molecule has 1 heterocycles. The lowest BCUT2D eigenvalue weighted by molar-refractivity contribution is -0.0849. The fourth-order valence-corrected chi connectivity index (χ4v) is 3.32. The molecule has 1 fully saturated rings. The van der Waals surface area contributed by atoms with E-state index in [0.717, 1.165) is 5.56 Å². The zero-order valence-electron chi connectivity index (χ0n) is 15.0. The molecular formula is C18H25Cl2NO4. The van der Waals surface area contributed by atoms with Crippen LogP contribution in [0, 0.1) is 11.3 Å². The van der Waals surface area contributed by atoms with E-state index in [1.165, 1.54) is 4.90 Å². The van der Waals surface area contributed by atoms with Crippen LogP contribution in [0.15, 0.2) is 18.2 Å². The maximum atomic E-state index is 11.7. The van der Waals surface area contributed by atoms with Crippen molar-refractivity contribution in [3.63, 3.8) is 0 Å². The van der Waals surface area contributed by atoms with Gasteiger partial charge in [-0.1, -0.05) is 50.0 Å².